The summed E-state index contributed by atoms with van der Waals surface area (Å²) in [5, 5.41) is 9.51. The molecule has 0 aliphatic heterocycles. The first-order chi connectivity index (χ1) is 10.1. The molecule has 0 amide bonds. The summed E-state index contributed by atoms with van der Waals surface area (Å²) in [4.78, 5) is 11.8. The number of hydrogen-bond donors (Lipinski definition) is 2. The van der Waals surface area contributed by atoms with Crippen molar-refractivity contribution in [3.8, 4) is 5.75 Å². The van der Waals surface area contributed by atoms with Crippen molar-refractivity contribution in [1.29, 1.82) is 0 Å². The molecule has 0 atom stereocenters. The molecule has 0 bridgehead atoms. The van der Waals surface area contributed by atoms with Gasteiger partial charge in [-0.25, -0.2) is 4.79 Å². The molecule has 2 rings (SSSR count). The normalized spacial score (nSPS) is 10.3. The van der Waals surface area contributed by atoms with Crippen LogP contribution in [0.3, 0.4) is 0 Å². The smallest absolute Gasteiger partial charge is 0.335 e. The van der Waals surface area contributed by atoms with Gasteiger partial charge in [0.15, 0.2) is 0 Å². The van der Waals surface area contributed by atoms with Crippen LogP contribution in [0.5, 0.6) is 5.75 Å². The molecular formula is C15H14ClNO3S. The molecule has 2 aromatic carbocycles. The summed E-state index contributed by atoms with van der Waals surface area (Å²) in [6.07, 6.45) is 0. The van der Waals surface area contributed by atoms with Crippen molar-refractivity contribution in [3.63, 3.8) is 0 Å². The van der Waals surface area contributed by atoms with Crippen molar-refractivity contribution in [3.05, 3.63) is 53.1 Å². The second-order valence-electron chi connectivity index (χ2n) is 4.21. The number of carboxylic acids is 1. The molecule has 0 aliphatic rings. The van der Waals surface area contributed by atoms with E-state index in [1.807, 2.05) is 6.07 Å². The van der Waals surface area contributed by atoms with Crippen LogP contribution in [0, 0.1) is 0 Å². The van der Waals surface area contributed by atoms with Crippen LogP contribution in [0.4, 0.5) is 5.69 Å². The predicted octanol–water partition coefficient (Wildman–Crippen LogP) is 3.79. The van der Waals surface area contributed by atoms with Gasteiger partial charge in [0.25, 0.3) is 0 Å². The zero-order valence-corrected chi connectivity index (χ0v) is 12.7. The first kappa shape index (κ1) is 15.5. The molecule has 0 saturated carbocycles. The van der Waals surface area contributed by atoms with Gasteiger partial charge in [0, 0.05) is 21.4 Å². The minimum Gasteiger partial charge on any atom is -0.493 e. The number of carboxylic acid groups (broad SMARTS) is 1. The van der Waals surface area contributed by atoms with E-state index in [1.54, 1.807) is 36.0 Å². The van der Waals surface area contributed by atoms with E-state index in [-0.39, 0.29) is 5.56 Å². The van der Waals surface area contributed by atoms with Crippen LogP contribution in [0.2, 0.25) is 5.02 Å². The lowest BCUT2D eigenvalue weighted by atomic mass is 10.2. The molecule has 6 heteroatoms. The number of aromatic carboxylic acids is 1. The summed E-state index contributed by atoms with van der Waals surface area (Å²) in [6.45, 7) is 0.454. The first-order valence-electron chi connectivity index (χ1n) is 6.20. The highest BCUT2D eigenvalue weighted by Crippen LogP contribution is 2.27. The number of nitrogen functional groups attached to an aromatic ring is 1. The van der Waals surface area contributed by atoms with Crippen LogP contribution in [0.25, 0.3) is 0 Å². The van der Waals surface area contributed by atoms with E-state index >= 15 is 0 Å². The number of benzene rings is 2. The molecular weight excluding hydrogens is 310 g/mol. The van der Waals surface area contributed by atoms with Crippen molar-refractivity contribution in [2.24, 2.45) is 0 Å². The largest absolute Gasteiger partial charge is 0.493 e. The van der Waals surface area contributed by atoms with Gasteiger partial charge in [0.2, 0.25) is 0 Å². The van der Waals surface area contributed by atoms with Gasteiger partial charge in [0.05, 0.1) is 12.2 Å². The average Bonchev–Trinajstić information content (AvgIpc) is 2.45. The number of nitrogens with two attached hydrogens (primary N) is 1. The molecule has 110 valence electrons. The Morgan fingerprint density at radius 1 is 1.29 bits per heavy atom. The van der Waals surface area contributed by atoms with Crippen LogP contribution >= 0.6 is 23.4 Å². The van der Waals surface area contributed by atoms with Crippen molar-refractivity contribution in [1.82, 2.24) is 0 Å². The maximum absolute atomic E-state index is 10.8. The van der Waals surface area contributed by atoms with Crippen LogP contribution < -0.4 is 10.5 Å². The Balaban J connectivity index is 1.84. The Hall–Kier alpha value is -1.85. The summed E-state index contributed by atoms with van der Waals surface area (Å²) in [5.74, 6) is 0.270. The highest BCUT2D eigenvalue weighted by atomic mass is 35.5. The molecule has 0 radical (unpaired) electrons. The molecule has 0 fully saturated rings. The molecule has 21 heavy (non-hydrogen) atoms. The lowest BCUT2D eigenvalue weighted by molar-refractivity contribution is 0.0696. The third-order valence-corrected chi connectivity index (χ3v) is 3.95. The van der Waals surface area contributed by atoms with Gasteiger partial charge in [-0.3, -0.25) is 0 Å². The van der Waals surface area contributed by atoms with Crippen molar-refractivity contribution in [2.75, 3.05) is 18.1 Å². The Labute approximate surface area is 131 Å². The fraction of sp³-hybridized carbons (Fsp3) is 0.133. The van der Waals surface area contributed by atoms with Crippen molar-refractivity contribution >= 4 is 35.0 Å². The van der Waals surface area contributed by atoms with E-state index in [1.165, 1.54) is 12.1 Å². The van der Waals surface area contributed by atoms with E-state index in [0.717, 1.165) is 4.90 Å². The summed E-state index contributed by atoms with van der Waals surface area (Å²) < 4.78 is 5.53. The van der Waals surface area contributed by atoms with Gasteiger partial charge in [-0.1, -0.05) is 17.7 Å². The highest BCUT2D eigenvalue weighted by Gasteiger charge is 2.04. The van der Waals surface area contributed by atoms with E-state index in [2.05, 4.69) is 0 Å². The molecule has 4 nitrogen and oxygen atoms in total. The maximum Gasteiger partial charge on any atom is 0.335 e. The predicted molar refractivity (Wildman–Crippen MR) is 85.5 cm³/mol. The minimum atomic E-state index is -0.969. The quantitative estimate of drug-likeness (QED) is 0.480. The lowest BCUT2D eigenvalue weighted by Gasteiger charge is -2.08. The fourth-order valence-corrected chi connectivity index (χ4v) is 2.64. The Morgan fingerprint density at radius 3 is 2.81 bits per heavy atom. The van der Waals surface area contributed by atoms with Gasteiger partial charge >= 0.3 is 5.97 Å². The van der Waals surface area contributed by atoms with Crippen LogP contribution in [0.15, 0.2) is 47.4 Å². The van der Waals surface area contributed by atoms with Gasteiger partial charge in [-0.05, 0) is 36.4 Å². The third-order valence-electron chi connectivity index (χ3n) is 2.66. The number of halogens is 1. The topological polar surface area (TPSA) is 72.5 Å². The van der Waals surface area contributed by atoms with Crippen LogP contribution in [0.1, 0.15) is 10.4 Å². The average molecular weight is 324 g/mol. The highest BCUT2D eigenvalue weighted by molar-refractivity contribution is 7.99. The van der Waals surface area contributed by atoms with Gasteiger partial charge in [-0.15, -0.1) is 11.8 Å². The second kappa shape index (κ2) is 7.24. The number of ether oxygens (including phenoxy) is 1. The number of carbonyl (C=O) groups is 1. The Bertz CT molecular complexity index is 649. The molecule has 0 unspecified atom stereocenters. The molecule has 0 heterocycles. The number of anilines is 1. The second-order valence-corrected chi connectivity index (χ2v) is 5.79. The molecule has 3 N–H and O–H groups in total. The molecule has 0 aliphatic carbocycles. The SMILES string of the molecule is Nc1cc(Cl)ccc1SCCOc1cccc(C(=O)O)c1. The summed E-state index contributed by atoms with van der Waals surface area (Å²) in [6, 6.07) is 11.8. The summed E-state index contributed by atoms with van der Waals surface area (Å²) >= 11 is 7.40. The molecule has 0 saturated heterocycles. The molecule has 2 aromatic rings. The Morgan fingerprint density at radius 2 is 2.10 bits per heavy atom. The summed E-state index contributed by atoms with van der Waals surface area (Å²) in [7, 11) is 0. The monoisotopic (exact) mass is 323 g/mol. The zero-order valence-electron chi connectivity index (χ0n) is 11.1. The van der Waals surface area contributed by atoms with E-state index in [4.69, 9.17) is 27.2 Å². The minimum absolute atomic E-state index is 0.210. The van der Waals surface area contributed by atoms with E-state index < -0.39 is 5.97 Å². The number of thioether (sulfide) groups is 1. The zero-order chi connectivity index (χ0) is 15.2. The van der Waals surface area contributed by atoms with Gasteiger partial charge < -0.3 is 15.6 Å². The molecule has 0 aromatic heterocycles. The van der Waals surface area contributed by atoms with Crippen molar-refractivity contribution < 1.29 is 14.6 Å². The first-order valence-corrected chi connectivity index (χ1v) is 7.56. The van der Waals surface area contributed by atoms with E-state index in [0.29, 0.717) is 28.8 Å². The van der Waals surface area contributed by atoms with Crippen LogP contribution in [-0.4, -0.2) is 23.4 Å². The van der Waals surface area contributed by atoms with Crippen molar-refractivity contribution in [2.45, 2.75) is 4.90 Å². The summed E-state index contributed by atoms with van der Waals surface area (Å²) in [5.41, 5.74) is 6.71. The standard InChI is InChI=1S/C15H14ClNO3S/c16-11-4-5-14(13(17)9-11)21-7-6-20-12-3-1-2-10(8-12)15(18)19/h1-5,8-9H,6-7,17H2,(H,18,19). The Kier molecular flexibility index (Phi) is 5.36. The van der Waals surface area contributed by atoms with Gasteiger partial charge in [-0.2, -0.15) is 0 Å². The number of rotatable bonds is 6. The van der Waals surface area contributed by atoms with E-state index in [9.17, 15) is 4.79 Å². The maximum atomic E-state index is 10.8. The molecule has 0 spiro atoms. The third kappa shape index (κ3) is 4.58. The lowest BCUT2D eigenvalue weighted by Crippen LogP contribution is -2.02. The van der Waals surface area contributed by atoms with Gasteiger partial charge in [0.1, 0.15) is 5.75 Å². The fourth-order valence-electron chi connectivity index (χ4n) is 1.68. The van der Waals surface area contributed by atoms with Crippen LogP contribution in [-0.2, 0) is 0 Å². The number of hydrogen-bond acceptors (Lipinski definition) is 4.